The van der Waals surface area contributed by atoms with Gasteiger partial charge in [0.1, 0.15) is 12.6 Å². The van der Waals surface area contributed by atoms with Gasteiger partial charge in [-0.3, -0.25) is 13.9 Å². The Labute approximate surface area is 243 Å². The van der Waals surface area contributed by atoms with Gasteiger partial charge in [0.25, 0.3) is 10.0 Å². The summed E-state index contributed by atoms with van der Waals surface area (Å²) >= 11 is 6.24. The molecule has 3 aromatic carbocycles. The molecule has 0 aliphatic rings. The number of sulfonamides is 1. The smallest absolute Gasteiger partial charge is 0.264 e. The summed E-state index contributed by atoms with van der Waals surface area (Å²) < 4.78 is 28.9. The number of carbonyl (C=O) groups excluding carboxylic acids is 2. The van der Waals surface area contributed by atoms with Crippen molar-refractivity contribution in [1.82, 2.24) is 10.2 Å². The maximum absolute atomic E-state index is 14.1. The van der Waals surface area contributed by atoms with Crippen molar-refractivity contribution in [1.29, 1.82) is 0 Å². The first kappa shape index (κ1) is 31.2. The third-order valence-corrected chi connectivity index (χ3v) is 9.00. The van der Waals surface area contributed by atoms with Crippen LogP contribution in [0, 0.1) is 13.8 Å². The predicted molar refractivity (Wildman–Crippen MR) is 161 cm³/mol. The van der Waals surface area contributed by atoms with Gasteiger partial charge in [0.05, 0.1) is 10.6 Å². The fourth-order valence-electron chi connectivity index (χ4n) is 4.33. The van der Waals surface area contributed by atoms with Crippen LogP contribution in [-0.4, -0.2) is 43.8 Å². The maximum Gasteiger partial charge on any atom is 0.264 e. The zero-order chi connectivity index (χ0) is 29.4. The Morgan fingerprint density at radius 2 is 1.60 bits per heavy atom. The van der Waals surface area contributed by atoms with Crippen molar-refractivity contribution >= 4 is 39.1 Å². The number of rotatable bonds is 12. The SMILES string of the molecule is CC[C@H](C)NC(=O)[C@H](CC)N(Cc1ccccc1C)C(=O)CN(c1cccc(Cl)c1)S(=O)(=O)c1ccc(C)cc1. The summed E-state index contributed by atoms with van der Waals surface area (Å²) in [5.74, 6) is -0.764. The molecule has 1 N–H and O–H groups in total. The monoisotopic (exact) mass is 583 g/mol. The molecule has 0 aromatic heterocycles. The first-order chi connectivity index (χ1) is 19.0. The molecule has 3 rings (SSSR count). The van der Waals surface area contributed by atoms with E-state index in [2.05, 4.69) is 5.32 Å². The fraction of sp³-hybridized carbons (Fsp3) is 0.355. The number of benzene rings is 3. The van der Waals surface area contributed by atoms with Gasteiger partial charge in [-0.15, -0.1) is 0 Å². The first-order valence-corrected chi connectivity index (χ1v) is 15.3. The Hall–Kier alpha value is -3.36. The molecule has 214 valence electrons. The Bertz CT molecular complexity index is 1430. The summed E-state index contributed by atoms with van der Waals surface area (Å²) in [6.07, 6.45) is 1.10. The number of hydrogen-bond donors (Lipinski definition) is 1. The van der Waals surface area contributed by atoms with Crippen LogP contribution in [0.4, 0.5) is 5.69 Å². The lowest BCUT2D eigenvalue weighted by Crippen LogP contribution is -2.53. The summed E-state index contributed by atoms with van der Waals surface area (Å²) in [6, 6.07) is 19.6. The minimum absolute atomic E-state index is 0.0536. The molecule has 0 aliphatic heterocycles. The number of anilines is 1. The van der Waals surface area contributed by atoms with Crippen molar-refractivity contribution in [3.05, 3.63) is 94.5 Å². The maximum atomic E-state index is 14.1. The summed E-state index contributed by atoms with van der Waals surface area (Å²) in [7, 11) is -4.15. The molecule has 0 radical (unpaired) electrons. The number of nitrogens with one attached hydrogen (secondary N) is 1. The van der Waals surface area contributed by atoms with E-state index in [1.54, 1.807) is 30.3 Å². The van der Waals surface area contributed by atoms with Gasteiger partial charge in [0, 0.05) is 17.6 Å². The lowest BCUT2D eigenvalue weighted by molar-refractivity contribution is -0.140. The highest BCUT2D eigenvalue weighted by Crippen LogP contribution is 2.27. The van der Waals surface area contributed by atoms with Gasteiger partial charge >= 0.3 is 0 Å². The Kier molecular flexibility index (Phi) is 10.8. The zero-order valence-electron chi connectivity index (χ0n) is 23.7. The van der Waals surface area contributed by atoms with E-state index in [1.807, 2.05) is 58.9 Å². The van der Waals surface area contributed by atoms with Gasteiger partial charge in [-0.25, -0.2) is 8.42 Å². The van der Waals surface area contributed by atoms with Crippen LogP contribution in [0.2, 0.25) is 5.02 Å². The topological polar surface area (TPSA) is 86.8 Å². The highest BCUT2D eigenvalue weighted by atomic mass is 35.5. The first-order valence-electron chi connectivity index (χ1n) is 13.5. The molecular formula is C31H38ClN3O4S. The summed E-state index contributed by atoms with van der Waals surface area (Å²) in [4.78, 5) is 29.0. The highest BCUT2D eigenvalue weighted by molar-refractivity contribution is 7.92. The van der Waals surface area contributed by atoms with E-state index in [4.69, 9.17) is 11.6 Å². The van der Waals surface area contributed by atoms with Crippen molar-refractivity contribution in [2.75, 3.05) is 10.8 Å². The van der Waals surface area contributed by atoms with E-state index < -0.39 is 28.5 Å². The molecule has 0 unspecified atom stereocenters. The van der Waals surface area contributed by atoms with Crippen molar-refractivity contribution < 1.29 is 18.0 Å². The third kappa shape index (κ3) is 7.64. The summed E-state index contributed by atoms with van der Waals surface area (Å²) in [5, 5.41) is 3.33. The molecule has 9 heteroatoms. The van der Waals surface area contributed by atoms with E-state index in [0.29, 0.717) is 11.4 Å². The highest BCUT2D eigenvalue weighted by Gasteiger charge is 2.34. The van der Waals surface area contributed by atoms with Crippen molar-refractivity contribution in [2.45, 2.75) is 71.0 Å². The van der Waals surface area contributed by atoms with E-state index in [9.17, 15) is 18.0 Å². The molecule has 0 aliphatic carbocycles. The quantitative estimate of drug-likeness (QED) is 0.289. The average Bonchev–Trinajstić information content (AvgIpc) is 2.92. The molecule has 0 saturated carbocycles. The number of halogens is 1. The minimum atomic E-state index is -4.15. The predicted octanol–water partition coefficient (Wildman–Crippen LogP) is 5.87. The zero-order valence-corrected chi connectivity index (χ0v) is 25.3. The molecule has 0 bridgehead atoms. The molecular weight excluding hydrogens is 546 g/mol. The van der Waals surface area contributed by atoms with Crippen molar-refractivity contribution in [2.24, 2.45) is 0 Å². The minimum Gasteiger partial charge on any atom is -0.352 e. The summed E-state index contributed by atoms with van der Waals surface area (Å²) in [5.41, 5.74) is 3.01. The third-order valence-electron chi connectivity index (χ3n) is 6.97. The second-order valence-corrected chi connectivity index (χ2v) is 12.3. The van der Waals surface area contributed by atoms with Crippen LogP contribution in [0.5, 0.6) is 0 Å². The molecule has 2 atom stereocenters. The van der Waals surface area contributed by atoms with Gasteiger partial charge < -0.3 is 10.2 Å². The normalized spacial score (nSPS) is 12.8. The Balaban J connectivity index is 2.07. The number of hydrogen-bond acceptors (Lipinski definition) is 4. The van der Waals surface area contributed by atoms with E-state index >= 15 is 0 Å². The van der Waals surface area contributed by atoms with Gasteiger partial charge in [-0.1, -0.05) is 73.5 Å². The molecule has 40 heavy (non-hydrogen) atoms. The van der Waals surface area contributed by atoms with Crippen LogP contribution in [-0.2, 0) is 26.2 Å². The average molecular weight is 584 g/mol. The van der Waals surface area contributed by atoms with Crippen LogP contribution in [0.25, 0.3) is 0 Å². The summed E-state index contributed by atoms with van der Waals surface area (Å²) in [6.45, 7) is 9.19. The van der Waals surface area contributed by atoms with Crippen molar-refractivity contribution in [3.63, 3.8) is 0 Å². The van der Waals surface area contributed by atoms with Gasteiger partial charge in [0.2, 0.25) is 11.8 Å². The second-order valence-electron chi connectivity index (χ2n) is 9.99. The van der Waals surface area contributed by atoms with E-state index in [0.717, 1.165) is 27.4 Å². The van der Waals surface area contributed by atoms with Crippen LogP contribution >= 0.6 is 11.6 Å². The van der Waals surface area contributed by atoms with Crippen LogP contribution in [0.1, 0.15) is 50.3 Å². The van der Waals surface area contributed by atoms with Crippen LogP contribution in [0.3, 0.4) is 0 Å². The molecule has 0 fully saturated rings. The second kappa shape index (κ2) is 13.8. The standard InChI is InChI=1S/C31H38ClN3O4S/c1-6-24(5)33-31(37)29(7-2)34(20-25-12-9-8-11-23(25)4)30(36)21-35(27-14-10-13-26(32)19-27)40(38,39)28-17-15-22(3)16-18-28/h8-19,24,29H,6-7,20-21H2,1-5H3,(H,33,37)/t24-,29-/m0/s1. The molecule has 2 amide bonds. The van der Waals surface area contributed by atoms with Gasteiger partial charge in [-0.2, -0.15) is 0 Å². The van der Waals surface area contributed by atoms with E-state index in [1.165, 1.54) is 23.1 Å². The van der Waals surface area contributed by atoms with E-state index in [-0.39, 0.29) is 29.1 Å². The van der Waals surface area contributed by atoms with Gasteiger partial charge in [0.15, 0.2) is 0 Å². The van der Waals surface area contributed by atoms with Crippen LogP contribution < -0.4 is 9.62 Å². The fourth-order valence-corrected chi connectivity index (χ4v) is 5.92. The Morgan fingerprint density at radius 3 is 2.20 bits per heavy atom. The molecule has 0 heterocycles. The largest absolute Gasteiger partial charge is 0.352 e. The lowest BCUT2D eigenvalue weighted by Gasteiger charge is -2.34. The number of aryl methyl sites for hydroxylation is 2. The lowest BCUT2D eigenvalue weighted by atomic mass is 10.1. The number of nitrogens with zero attached hydrogens (tertiary/aromatic N) is 2. The van der Waals surface area contributed by atoms with Gasteiger partial charge in [-0.05, 0) is 75.1 Å². The Morgan fingerprint density at radius 1 is 0.925 bits per heavy atom. The number of carbonyl (C=O) groups is 2. The van der Waals surface area contributed by atoms with Crippen molar-refractivity contribution in [3.8, 4) is 0 Å². The molecule has 7 nitrogen and oxygen atoms in total. The van der Waals surface area contributed by atoms with Crippen LogP contribution in [0.15, 0.2) is 77.7 Å². The molecule has 0 saturated heterocycles. The number of amides is 2. The molecule has 0 spiro atoms. The molecule has 3 aromatic rings.